The summed E-state index contributed by atoms with van der Waals surface area (Å²) in [5.74, 6) is 0. The highest BCUT2D eigenvalue weighted by molar-refractivity contribution is 4.93. The Morgan fingerprint density at radius 3 is 3.00 bits per heavy atom. The first-order valence-electron chi connectivity index (χ1n) is 3.29. The van der Waals surface area contributed by atoms with Gasteiger partial charge in [-0.25, -0.2) is 0 Å². The molecule has 0 spiro atoms. The molecule has 1 rings (SSSR count). The second-order valence-electron chi connectivity index (χ2n) is 2.23. The van der Waals surface area contributed by atoms with E-state index in [2.05, 4.69) is 24.4 Å². The number of nitrogens with one attached hydrogen (secondary N) is 1. The van der Waals surface area contributed by atoms with E-state index < -0.39 is 0 Å². The van der Waals surface area contributed by atoms with Crippen LogP contribution in [0.15, 0.2) is 12.2 Å². The van der Waals surface area contributed by atoms with E-state index in [4.69, 9.17) is 0 Å². The third-order valence-electron chi connectivity index (χ3n) is 1.52. The van der Waals surface area contributed by atoms with E-state index in [1.165, 1.54) is 19.4 Å². The maximum absolute atomic E-state index is 3.37. The van der Waals surface area contributed by atoms with Crippen LogP contribution in [-0.4, -0.2) is 12.6 Å². The summed E-state index contributed by atoms with van der Waals surface area (Å²) in [6.45, 7) is 3.27. The molecule has 0 unspecified atom stereocenters. The van der Waals surface area contributed by atoms with Crippen LogP contribution in [0.1, 0.15) is 19.8 Å². The summed E-state index contributed by atoms with van der Waals surface area (Å²) in [6.07, 6.45) is 7.01. The summed E-state index contributed by atoms with van der Waals surface area (Å²) < 4.78 is 0. The SMILES string of the molecule is CC=C[C@H]1CCCN1. The van der Waals surface area contributed by atoms with Crippen molar-refractivity contribution in [1.29, 1.82) is 0 Å². The molecule has 0 aromatic heterocycles. The molecule has 1 nitrogen and oxygen atoms in total. The van der Waals surface area contributed by atoms with Crippen molar-refractivity contribution >= 4 is 0 Å². The summed E-state index contributed by atoms with van der Waals surface area (Å²) in [5, 5.41) is 3.37. The minimum atomic E-state index is 0.681. The van der Waals surface area contributed by atoms with Gasteiger partial charge in [-0.2, -0.15) is 0 Å². The van der Waals surface area contributed by atoms with Crippen LogP contribution in [-0.2, 0) is 0 Å². The number of allylic oxidation sites excluding steroid dienone is 1. The molecular formula is C7H13N. The van der Waals surface area contributed by atoms with Crippen molar-refractivity contribution in [2.24, 2.45) is 0 Å². The summed E-state index contributed by atoms with van der Waals surface area (Å²) in [4.78, 5) is 0. The highest BCUT2D eigenvalue weighted by Crippen LogP contribution is 2.04. The minimum absolute atomic E-state index is 0.681. The van der Waals surface area contributed by atoms with Crippen molar-refractivity contribution in [2.75, 3.05) is 6.54 Å². The van der Waals surface area contributed by atoms with Crippen molar-refractivity contribution in [3.05, 3.63) is 12.2 Å². The molecule has 0 radical (unpaired) electrons. The van der Waals surface area contributed by atoms with Crippen molar-refractivity contribution in [1.82, 2.24) is 5.32 Å². The maximum atomic E-state index is 3.37. The predicted octanol–water partition coefficient (Wildman–Crippen LogP) is 1.31. The van der Waals surface area contributed by atoms with Gasteiger partial charge >= 0.3 is 0 Å². The van der Waals surface area contributed by atoms with Crippen LogP contribution in [0, 0.1) is 0 Å². The molecular weight excluding hydrogens is 98.1 g/mol. The van der Waals surface area contributed by atoms with E-state index in [9.17, 15) is 0 Å². The standard InChI is InChI=1S/C7H13N/c1-2-4-7-5-3-6-8-7/h2,4,7-8H,3,5-6H2,1H3/t7-/m0/s1. The quantitative estimate of drug-likeness (QED) is 0.503. The van der Waals surface area contributed by atoms with Crippen LogP contribution < -0.4 is 5.32 Å². The van der Waals surface area contributed by atoms with E-state index in [0.29, 0.717) is 6.04 Å². The van der Waals surface area contributed by atoms with Crippen LogP contribution in [0.4, 0.5) is 0 Å². The highest BCUT2D eigenvalue weighted by Gasteiger charge is 2.08. The molecule has 0 aliphatic carbocycles. The monoisotopic (exact) mass is 111 g/mol. The molecule has 46 valence electrons. The van der Waals surface area contributed by atoms with Crippen LogP contribution in [0.3, 0.4) is 0 Å². The normalized spacial score (nSPS) is 29.9. The van der Waals surface area contributed by atoms with Gasteiger partial charge in [-0.15, -0.1) is 0 Å². The lowest BCUT2D eigenvalue weighted by Gasteiger charge is -1.99. The largest absolute Gasteiger partial charge is 0.311 e. The second-order valence-corrected chi connectivity index (χ2v) is 2.23. The molecule has 0 saturated carbocycles. The first-order chi connectivity index (χ1) is 3.93. The molecule has 1 saturated heterocycles. The number of hydrogen-bond donors (Lipinski definition) is 1. The van der Waals surface area contributed by atoms with E-state index in [0.717, 1.165) is 0 Å². The molecule has 1 aliphatic rings. The van der Waals surface area contributed by atoms with E-state index in [1.54, 1.807) is 0 Å². The summed E-state index contributed by atoms with van der Waals surface area (Å²) >= 11 is 0. The summed E-state index contributed by atoms with van der Waals surface area (Å²) in [6, 6.07) is 0.681. The van der Waals surface area contributed by atoms with Crippen molar-refractivity contribution in [2.45, 2.75) is 25.8 Å². The first kappa shape index (κ1) is 5.83. The molecule has 1 N–H and O–H groups in total. The molecule has 1 heterocycles. The topological polar surface area (TPSA) is 12.0 Å². The van der Waals surface area contributed by atoms with Gasteiger partial charge in [-0.3, -0.25) is 0 Å². The Kier molecular flexibility index (Phi) is 2.10. The fourth-order valence-corrected chi connectivity index (χ4v) is 1.11. The van der Waals surface area contributed by atoms with Gasteiger partial charge in [0.2, 0.25) is 0 Å². The lowest BCUT2D eigenvalue weighted by atomic mass is 10.2. The van der Waals surface area contributed by atoms with E-state index in [1.807, 2.05) is 0 Å². The summed E-state index contributed by atoms with van der Waals surface area (Å²) in [5.41, 5.74) is 0. The van der Waals surface area contributed by atoms with Gasteiger partial charge in [-0.05, 0) is 26.3 Å². The van der Waals surface area contributed by atoms with Gasteiger partial charge in [0.25, 0.3) is 0 Å². The Morgan fingerprint density at radius 2 is 2.50 bits per heavy atom. The van der Waals surface area contributed by atoms with Gasteiger partial charge < -0.3 is 5.32 Å². The number of hydrogen-bond acceptors (Lipinski definition) is 1. The van der Waals surface area contributed by atoms with E-state index in [-0.39, 0.29) is 0 Å². The molecule has 8 heavy (non-hydrogen) atoms. The summed E-state index contributed by atoms with van der Waals surface area (Å²) in [7, 11) is 0. The zero-order chi connectivity index (χ0) is 5.82. The van der Waals surface area contributed by atoms with Gasteiger partial charge in [0.15, 0.2) is 0 Å². The Bertz CT molecular complexity index is 80.4. The number of rotatable bonds is 1. The second kappa shape index (κ2) is 2.88. The zero-order valence-corrected chi connectivity index (χ0v) is 5.35. The van der Waals surface area contributed by atoms with Gasteiger partial charge in [0.05, 0.1) is 0 Å². The molecule has 1 heteroatoms. The van der Waals surface area contributed by atoms with Crippen LogP contribution in [0.5, 0.6) is 0 Å². The first-order valence-corrected chi connectivity index (χ1v) is 3.29. The molecule has 0 bridgehead atoms. The Labute approximate surface area is 50.8 Å². The smallest absolute Gasteiger partial charge is 0.0250 e. The van der Waals surface area contributed by atoms with Crippen LogP contribution >= 0.6 is 0 Å². The molecule has 1 fully saturated rings. The van der Waals surface area contributed by atoms with Gasteiger partial charge in [0, 0.05) is 6.04 Å². The van der Waals surface area contributed by atoms with Crippen molar-refractivity contribution in [3.8, 4) is 0 Å². The van der Waals surface area contributed by atoms with Crippen LogP contribution in [0.2, 0.25) is 0 Å². The average molecular weight is 111 g/mol. The Morgan fingerprint density at radius 1 is 1.62 bits per heavy atom. The Hall–Kier alpha value is -0.300. The molecule has 1 aliphatic heterocycles. The lowest BCUT2D eigenvalue weighted by molar-refractivity contribution is 0.727. The minimum Gasteiger partial charge on any atom is -0.311 e. The average Bonchev–Trinajstić information content (AvgIpc) is 2.19. The predicted molar refractivity (Wildman–Crippen MR) is 35.8 cm³/mol. The van der Waals surface area contributed by atoms with Gasteiger partial charge in [0.1, 0.15) is 0 Å². The Balaban J connectivity index is 2.24. The van der Waals surface area contributed by atoms with Gasteiger partial charge in [-0.1, -0.05) is 12.2 Å². The van der Waals surface area contributed by atoms with Crippen molar-refractivity contribution < 1.29 is 0 Å². The lowest BCUT2D eigenvalue weighted by Crippen LogP contribution is -2.17. The molecule has 0 aromatic rings. The van der Waals surface area contributed by atoms with Crippen molar-refractivity contribution in [3.63, 3.8) is 0 Å². The zero-order valence-electron chi connectivity index (χ0n) is 5.35. The fraction of sp³-hybridized carbons (Fsp3) is 0.714. The molecule has 0 aromatic carbocycles. The highest BCUT2D eigenvalue weighted by atomic mass is 14.9. The third-order valence-corrected chi connectivity index (χ3v) is 1.52. The maximum Gasteiger partial charge on any atom is 0.0250 e. The van der Waals surface area contributed by atoms with E-state index >= 15 is 0 Å². The molecule has 1 atom stereocenters. The third kappa shape index (κ3) is 1.34. The van der Waals surface area contributed by atoms with Crippen LogP contribution in [0.25, 0.3) is 0 Å². The molecule has 0 amide bonds. The fourth-order valence-electron chi connectivity index (χ4n) is 1.11.